The molecule has 1 aromatic heterocycles. The molecule has 0 amide bonds. The highest BCUT2D eigenvalue weighted by Crippen LogP contribution is 2.18. The molecule has 2 aromatic rings. The van der Waals surface area contributed by atoms with E-state index >= 15 is 0 Å². The zero-order valence-corrected chi connectivity index (χ0v) is 15.3. The Morgan fingerprint density at radius 3 is 2.76 bits per heavy atom. The second-order valence-corrected chi connectivity index (χ2v) is 7.36. The van der Waals surface area contributed by atoms with Crippen LogP contribution in [0.3, 0.4) is 0 Å². The highest BCUT2D eigenvalue weighted by Gasteiger charge is 2.16. The Balaban J connectivity index is 1.38. The predicted molar refractivity (Wildman–Crippen MR) is 102 cm³/mol. The highest BCUT2D eigenvalue weighted by atomic mass is 32.2. The fraction of sp³-hybridized carbons (Fsp3) is 0.444. The van der Waals surface area contributed by atoms with Crippen molar-refractivity contribution in [2.75, 3.05) is 43.4 Å². The molecule has 0 saturated carbocycles. The third-order valence-corrected chi connectivity index (χ3v) is 5.26. The van der Waals surface area contributed by atoms with E-state index < -0.39 is 0 Å². The van der Waals surface area contributed by atoms with Crippen LogP contribution in [-0.2, 0) is 0 Å². The summed E-state index contributed by atoms with van der Waals surface area (Å²) in [6.45, 7) is 7.42. The molecule has 0 bridgehead atoms. The number of aromatic amines is 1. The van der Waals surface area contributed by atoms with Crippen molar-refractivity contribution in [2.45, 2.75) is 18.5 Å². The molecule has 1 fully saturated rings. The van der Waals surface area contributed by atoms with Gasteiger partial charge in [-0.3, -0.25) is 9.69 Å². The van der Waals surface area contributed by atoms with Crippen molar-refractivity contribution in [3.05, 3.63) is 46.2 Å². The van der Waals surface area contributed by atoms with E-state index in [2.05, 4.69) is 51.0 Å². The van der Waals surface area contributed by atoms with E-state index in [1.807, 2.05) is 0 Å². The van der Waals surface area contributed by atoms with Crippen LogP contribution < -0.4 is 10.5 Å². The van der Waals surface area contributed by atoms with Gasteiger partial charge in [0.2, 0.25) is 5.88 Å². The maximum Gasteiger partial charge on any atom is 0.255 e. The van der Waals surface area contributed by atoms with E-state index in [1.165, 1.54) is 23.0 Å². The molecule has 0 radical (unpaired) electrons. The minimum atomic E-state index is -0.317. The maximum absolute atomic E-state index is 11.3. The van der Waals surface area contributed by atoms with Gasteiger partial charge in [0.25, 0.3) is 5.56 Å². The number of nitrogens with one attached hydrogen (secondary N) is 1. The number of rotatable bonds is 6. The topological polar surface area (TPSA) is 72.5 Å². The van der Waals surface area contributed by atoms with E-state index in [4.69, 9.17) is 0 Å². The Morgan fingerprint density at radius 2 is 2.04 bits per heavy atom. The lowest BCUT2D eigenvalue weighted by Gasteiger charge is -2.36. The van der Waals surface area contributed by atoms with E-state index in [1.54, 1.807) is 0 Å². The molecule has 6 nitrogen and oxygen atoms in total. The van der Waals surface area contributed by atoms with Gasteiger partial charge in [0.05, 0.1) is 6.07 Å². The van der Waals surface area contributed by atoms with Gasteiger partial charge in [0.1, 0.15) is 0 Å². The standard InChI is InChI=1S/C18H24N4O2S/c1-14-4-2-5-15(12-14)22-9-7-21(8-10-22)6-3-11-25-18-19-16(23)13-17(24)20-18/h2,4-5,12-13H,3,6-11H2,1H3,(H2,19,20,23,24). The smallest absolute Gasteiger partial charge is 0.255 e. The van der Waals surface area contributed by atoms with Gasteiger partial charge in [0.15, 0.2) is 5.16 Å². The summed E-state index contributed by atoms with van der Waals surface area (Å²) in [5.74, 6) is 0.642. The van der Waals surface area contributed by atoms with Gasteiger partial charge in [0, 0.05) is 37.6 Å². The number of benzene rings is 1. The molecule has 7 heteroatoms. The Kier molecular flexibility index (Phi) is 5.99. The Bertz CT molecular complexity index is 757. The molecule has 3 rings (SSSR count). The Labute approximate surface area is 151 Å². The fourth-order valence-electron chi connectivity index (χ4n) is 3.00. The first-order chi connectivity index (χ1) is 12.1. The lowest BCUT2D eigenvalue weighted by Crippen LogP contribution is -2.46. The molecule has 0 atom stereocenters. The van der Waals surface area contributed by atoms with Crippen molar-refractivity contribution >= 4 is 17.4 Å². The summed E-state index contributed by atoms with van der Waals surface area (Å²) in [4.78, 5) is 22.7. The Hall–Kier alpha value is -1.99. The van der Waals surface area contributed by atoms with E-state index in [0.29, 0.717) is 5.16 Å². The average molecular weight is 360 g/mol. The van der Waals surface area contributed by atoms with Gasteiger partial charge in [-0.15, -0.1) is 0 Å². The predicted octanol–water partition coefficient (Wildman–Crippen LogP) is 2.09. The van der Waals surface area contributed by atoms with Crippen LogP contribution in [0.2, 0.25) is 0 Å². The molecule has 1 aliphatic heterocycles. The molecule has 0 spiro atoms. The van der Waals surface area contributed by atoms with Crippen LogP contribution >= 0.6 is 11.8 Å². The monoisotopic (exact) mass is 360 g/mol. The van der Waals surface area contributed by atoms with Crippen molar-refractivity contribution in [1.29, 1.82) is 0 Å². The molecule has 2 N–H and O–H groups in total. The minimum Gasteiger partial charge on any atom is -0.493 e. The van der Waals surface area contributed by atoms with Gasteiger partial charge >= 0.3 is 0 Å². The third kappa shape index (κ3) is 5.24. The van der Waals surface area contributed by atoms with Gasteiger partial charge in [-0.05, 0) is 37.6 Å². The van der Waals surface area contributed by atoms with Crippen molar-refractivity contribution in [3.63, 3.8) is 0 Å². The fourth-order valence-corrected chi connectivity index (χ4v) is 3.80. The summed E-state index contributed by atoms with van der Waals surface area (Å²) >= 11 is 1.47. The number of nitrogens with zero attached hydrogens (tertiary/aromatic N) is 3. The molecule has 0 unspecified atom stereocenters. The van der Waals surface area contributed by atoms with Crippen LogP contribution in [0.15, 0.2) is 40.3 Å². The number of aryl methyl sites for hydroxylation is 1. The van der Waals surface area contributed by atoms with Crippen molar-refractivity contribution in [1.82, 2.24) is 14.9 Å². The molecule has 1 aromatic carbocycles. The first kappa shape index (κ1) is 17.8. The van der Waals surface area contributed by atoms with E-state index in [-0.39, 0.29) is 11.4 Å². The summed E-state index contributed by atoms with van der Waals surface area (Å²) in [6, 6.07) is 9.76. The molecule has 1 saturated heterocycles. The molecular weight excluding hydrogens is 336 g/mol. The maximum atomic E-state index is 11.3. The molecule has 0 aliphatic carbocycles. The van der Waals surface area contributed by atoms with Crippen molar-refractivity contribution in [2.24, 2.45) is 0 Å². The van der Waals surface area contributed by atoms with E-state index in [9.17, 15) is 9.90 Å². The highest BCUT2D eigenvalue weighted by molar-refractivity contribution is 7.99. The summed E-state index contributed by atoms with van der Waals surface area (Å²) in [7, 11) is 0. The summed E-state index contributed by atoms with van der Waals surface area (Å²) in [5, 5.41) is 9.81. The average Bonchev–Trinajstić information content (AvgIpc) is 2.58. The van der Waals surface area contributed by atoms with E-state index in [0.717, 1.165) is 51.0 Å². The second kappa shape index (κ2) is 8.40. The lowest BCUT2D eigenvalue weighted by molar-refractivity contribution is 0.259. The van der Waals surface area contributed by atoms with Gasteiger partial charge < -0.3 is 15.0 Å². The number of thioether (sulfide) groups is 1. The minimum absolute atomic E-state index is 0.224. The normalized spacial score (nSPS) is 15.5. The molecular formula is C18H24N4O2S. The number of hydrogen-bond donors (Lipinski definition) is 2. The number of hydrogen-bond acceptors (Lipinski definition) is 6. The van der Waals surface area contributed by atoms with Gasteiger partial charge in [-0.1, -0.05) is 23.9 Å². The molecule has 1 aliphatic rings. The second-order valence-electron chi connectivity index (χ2n) is 6.28. The van der Waals surface area contributed by atoms with Crippen LogP contribution in [0.1, 0.15) is 12.0 Å². The van der Waals surface area contributed by atoms with Crippen LogP contribution in [-0.4, -0.2) is 58.5 Å². The van der Waals surface area contributed by atoms with Crippen LogP contribution in [0, 0.1) is 6.92 Å². The number of H-pyrrole nitrogens is 1. The van der Waals surface area contributed by atoms with Gasteiger partial charge in [-0.25, -0.2) is 0 Å². The quantitative estimate of drug-likeness (QED) is 0.467. The van der Waals surface area contributed by atoms with Crippen LogP contribution in [0.4, 0.5) is 5.69 Å². The van der Waals surface area contributed by atoms with Gasteiger partial charge in [-0.2, -0.15) is 4.98 Å². The van der Waals surface area contributed by atoms with Crippen molar-refractivity contribution < 1.29 is 5.11 Å². The SMILES string of the molecule is Cc1cccc(N2CCN(CCCSc3nc(O)cc(=O)[nH]3)CC2)c1. The van der Waals surface area contributed by atoms with Crippen LogP contribution in [0.5, 0.6) is 5.88 Å². The van der Waals surface area contributed by atoms with Crippen molar-refractivity contribution in [3.8, 4) is 5.88 Å². The number of aromatic hydroxyl groups is 1. The zero-order chi connectivity index (χ0) is 17.6. The zero-order valence-electron chi connectivity index (χ0n) is 14.4. The largest absolute Gasteiger partial charge is 0.493 e. The lowest BCUT2D eigenvalue weighted by atomic mass is 10.2. The first-order valence-corrected chi connectivity index (χ1v) is 9.56. The Morgan fingerprint density at radius 1 is 1.24 bits per heavy atom. The molecule has 25 heavy (non-hydrogen) atoms. The molecule has 134 valence electrons. The summed E-state index contributed by atoms with van der Waals surface area (Å²) in [6.07, 6.45) is 1.02. The first-order valence-electron chi connectivity index (χ1n) is 8.57. The summed E-state index contributed by atoms with van der Waals surface area (Å²) in [5.41, 5.74) is 2.30. The number of aromatic nitrogens is 2. The number of anilines is 1. The number of piperazine rings is 1. The third-order valence-electron chi connectivity index (χ3n) is 4.30. The molecule has 2 heterocycles. The van der Waals surface area contributed by atoms with Crippen LogP contribution in [0.25, 0.3) is 0 Å². The summed E-state index contributed by atoms with van der Waals surface area (Å²) < 4.78 is 0.